The first-order chi connectivity index (χ1) is 10.0. The summed E-state index contributed by atoms with van der Waals surface area (Å²) >= 11 is 0. The highest BCUT2D eigenvalue weighted by Crippen LogP contribution is 2.24. The number of carbonyl (C=O) groups is 2. The fourth-order valence-corrected chi connectivity index (χ4v) is 2.20. The maximum atomic E-state index is 11.9. The number of carboxylic acid groups (broad SMARTS) is 1. The van der Waals surface area contributed by atoms with Gasteiger partial charge in [-0.05, 0) is 5.56 Å². The Bertz CT molecular complexity index is 493. The van der Waals surface area contributed by atoms with Crippen LogP contribution in [0.2, 0.25) is 0 Å². The topological polar surface area (TPSA) is 113 Å². The van der Waals surface area contributed by atoms with Crippen molar-refractivity contribution in [1.29, 1.82) is 0 Å². The van der Waals surface area contributed by atoms with Gasteiger partial charge in [-0.25, -0.2) is 0 Å². The molecule has 116 valence electrons. The zero-order valence-corrected chi connectivity index (χ0v) is 12.3. The van der Waals surface area contributed by atoms with Crippen LogP contribution in [-0.4, -0.2) is 41.1 Å². The molecule has 1 aromatic carbocycles. The van der Waals surface area contributed by atoms with E-state index in [-0.39, 0.29) is 19.4 Å². The molecule has 0 aliphatic heterocycles. The lowest BCUT2D eigenvalue weighted by molar-refractivity contribution is -0.137. The minimum Gasteiger partial charge on any atom is -0.481 e. The Hall–Kier alpha value is -1.69. The van der Waals surface area contributed by atoms with Gasteiger partial charge in [0.25, 0.3) is 0 Å². The summed E-state index contributed by atoms with van der Waals surface area (Å²) in [7, 11) is -2.70. The number of aliphatic carboxylic acids is 1. The molecule has 0 heterocycles. The molecule has 0 saturated heterocycles. The molecule has 0 bridgehead atoms. The fraction of sp³-hybridized carbons (Fsp3) is 0.385. The minimum atomic E-state index is -2.70. The average molecular weight is 315 g/mol. The Morgan fingerprint density at radius 2 is 1.95 bits per heavy atom. The van der Waals surface area contributed by atoms with E-state index in [0.29, 0.717) is 0 Å². The lowest BCUT2D eigenvalue weighted by atomic mass is 10.1. The number of hydrogen-bond donors (Lipinski definition) is 3. The normalized spacial score (nSPS) is 13.4. The first-order valence-corrected chi connectivity index (χ1v) is 7.89. The van der Waals surface area contributed by atoms with Gasteiger partial charge < -0.3 is 20.1 Å². The van der Waals surface area contributed by atoms with E-state index in [4.69, 9.17) is 14.7 Å². The zero-order chi connectivity index (χ0) is 15.7. The van der Waals surface area contributed by atoms with Gasteiger partial charge in [0.2, 0.25) is 13.9 Å². The fourth-order valence-electron chi connectivity index (χ4n) is 1.62. The Morgan fingerprint density at radius 3 is 2.52 bits per heavy atom. The number of carboxylic acids is 1. The Morgan fingerprint density at radius 1 is 1.29 bits per heavy atom. The third kappa shape index (κ3) is 7.04. The van der Waals surface area contributed by atoms with Crippen molar-refractivity contribution in [3.63, 3.8) is 0 Å². The molecule has 7 nitrogen and oxygen atoms in total. The van der Waals surface area contributed by atoms with Crippen LogP contribution in [0.5, 0.6) is 0 Å². The van der Waals surface area contributed by atoms with E-state index in [9.17, 15) is 14.2 Å². The van der Waals surface area contributed by atoms with Gasteiger partial charge in [0.1, 0.15) is 12.5 Å². The molecule has 1 amide bonds. The number of benzene rings is 1. The number of aliphatic hydroxyl groups excluding tert-OH is 1. The molecule has 1 unspecified atom stereocenters. The summed E-state index contributed by atoms with van der Waals surface area (Å²) in [4.78, 5) is 22.4. The van der Waals surface area contributed by atoms with Gasteiger partial charge in [0, 0.05) is 13.0 Å². The molecule has 0 aromatic heterocycles. The van der Waals surface area contributed by atoms with Gasteiger partial charge in [-0.1, -0.05) is 30.3 Å². The van der Waals surface area contributed by atoms with E-state index in [1.807, 2.05) is 6.07 Å². The van der Waals surface area contributed by atoms with Gasteiger partial charge in [0.05, 0.1) is 6.42 Å². The summed E-state index contributed by atoms with van der Waals surface area (Å²) in [6.07, 6.45) is -1.69. The molecular weight excluding hydrogens is 297 g/mol. The van der Waals surface area contributed by atoms with Crippen LogP contribution in [0, 0.1) is 0 Å². The van der Waals surface area contributed by atoms with Crippen LogP contribution in [-0.2, 0) is 25.1 Å². The summed E-state index contributed by atoms with van der Waals surface area (Å²) in [5.74, 6) is -1.58. The van der Waals surface area contributed by atoms with Gasteiger partial charge in [0.15, 0.2) is 0 Å². The predicted molar refractivity (Wildman–Crippen MR) is 76.4 cm³/mol. The standard InChI is InChI=1S/C13H18NO6P/c15-9-21(19)20-11(8-10-4-2-1-3-5-10)13(18)14-7-6-12(16)17/h1-5,11,15,21H,6-9H2,(H,14,18)(H,16,17)/t11-/m0/s1. The van der Waals surface area contributed by atoms with Crippen molar-refractivity contribution < 1.29 is 28.9 Å². The van der Waals surface area contributed by atoms with Crippen LogP contribution >= 0.6 is 8.03 Å². The van der Waals surface area contributed by atoms with E-state index in [1.54, 1.807) is 24.3 Å². The van der Waals surface area contributed by atoms with E-state index in [2.05, 4.69) is 5.32 Å². The second-order valence-corrected chi connectivity index (χ2v) is 5.56. The van der Waals surface area contributed by atoms with Crippen molar-refractivity contribution >= 4 is 19.9 Å². The van der Waals surface area contributed by atoms with Crippen molar-refractivity contribution in [3.8, 4) is 0 Å². The molecular formula is C13H18NO6P. The average Bonchev–Trinajstić information content (AvgIpc) is 2.47. The molecule has 0 spiro atoms. The molecule has 3 N–H and O–H groups in total. The van der Waals surface area contributed by atoms with Gasteiger partial charge in [-0.3, -0.25) is 14.2 Å². The van der Waals surface area contributed by atoms with Crippen molar-refractivity contribution in [2.75, 3.05) is 12.9 Å². The highest BCUT2D eigenvalue weighted by atomic mass is 31.1. The van der Waals surface area contributed by atoms with Crippen LogP contribution in [0.15, 0.2) is 30.3 Å². The second-order valence-electron chi connectivity index (χ2n) is 4.26. The number of amides is 1. The quantitative estimate of drug-likeness (QED) is 0.576. The number of carbonyl (C=O) groups excluding carboxylic acids is 1. The summed E-state index contributed by atoms with van der Waals surface area (Å²) in [6.45, 7) is -0.0388. The molecule has 21 heavy (non-hydrogen) atoms. The Kier molecular flexibility index (Phi) is 7.68. The molecule has 1 aromatic rings. The molecule has 8 heteroatoms. The van der Waals surface area contributed by atoms with Gasteiger partial charge in [-0.2, -0.15) is 0 Å². The molecule has 0 saturated carbocycles. The first kappa shape index (κ1) is 17.4. The van der Waals surface area contributed by atoms with Crippen molar-refractivity contribution in [2.24, 2.45) is 0 Å². The van der Waals surface area contributed by atoms with Crippen LogP contribution in [0.25, 0.3) is 0 Å². The molecule has 0 aliphatic rings. The Labute approximate surface area is 122 Å². The summed E-state index contributed by atoms with van der Waals surface area (Å²) < 4.78 is 16.4. The monoisotopic (exact) mass is 315 g/mol. The van der Waals surface area contributed by atoms with Gasteiger partial charge in [-0.15, -0.1) is 0 Å². The SMILES string of the molecule is O=C(O)CCNC(=O)[C@H](Cc1ccccc1)O[PH](=O)CO. The van der Waals surface area contributed by atoms with Crippen LogP contribution in [0.3, 0.4) is 0 Å². The molecule has 1 rings (SSSR count). The number of hydrogen-bond acceptors (Lipinski definition) is 5. The summed E-state index contributed by atoms with van der Waals surface area (Å²) in [5.41, 5.74) is 0.809. The summed E-state index contributed by atoms with van der Waals surface area (Å²) in [6, 6.07) is 8.99. The molecule has 2 atom stereocenters. The maximum absolute atomic E-state index is 11.9. The Balaban J connectivity index is 2.65. The van der Waals surface area contributed by atoms with E-state index < -0.39 is 32.4 Å². The number of nitrogens with one attached hydrogen (secondary N) is 1. The van der Waals surface area contributed by atoms with Gasteiger partial charge >= 0.3 is 5.97 Å². The smallest absolute Gasteiger partial charge is 0.305 e. The van der Waals surface area contributed by atoms with Crippen molar-refractivity contribution in [2.45, 2.75) is 18.9 Å². The van der Waals surface area contributed by atoms with E-state index >= 15 is 0 Å². The van der Waals surface area contributed by atoms with Crippen molar-refractivity contribution in [3.05, 3.63) is 35.9 Å². The summed E-state index contributed by atoms with van der Waals surface area (Å²) in [5, 5.41) is 19.7. The van der Waals surface area contributed by atoms with Crippen LogP contribution in [0.1, 0.15) is 12.0 Å². The predicted octanol–water partition coefficient (Wildman–Crippen LogP) is 0.630. The zero-order valence-electron chi connectivity index (χ0n) is 11.3. The highest BCUT2D eigenvalue weighted by Gasteiger charge is 2.21. The van der Waals surface area contributed by atoms with Crippen LogP contribution in [0.4, 0.5) is 0 Å². The lowest BCUT2D eigenvalue weighted by Crippen LogP contribution is -2.37. The third-order valence-electron chi connectivity index (χ3n) is 2.60. The van der Waals surface area contributed by atoms with E-state index in [0.717, 1.165) is 5.56 Å². The number of aliphatic hydroxyl groups is 1. The number of rotatable bonds is 9. The van der Waals surface area contributed by atoms with Crippen LogP contribution < -0.4 is 5.32 Å². The third-order valence-corrected chi connectivity index (χ3v) is 3.40. The lowest BCUT2D eigenvalue weighted by Gasteiger charge is -2.16. The largest absolute Gasteiger partial charge is 0.481 e. The highest BCUT2D eigenvalue weighted by molar-refractivity contribution is 7.38. The molecule has 0 fully saturated rings. The second kappa shape index (κ2) is 9.28. The molecule has 0 aliphatic carbocycles. The first-order valence-electron chi connectivity index (χ1n) is 6.36. The van der Waals surface area contributed by atoms with Crippen molar-refractivity contribution in [1.82, 2.24) is 5.32 Å². The minimum absolute atomic E-state index is 0.0388. The maximum Gasteiger partial charge on any atom is 0.305 e. The van der Waals surface area contributed by atoms with E-state index in [1.165, 1.54) is 0 Å². The molecule has 0 radical (unpaired) electrons.